The van der Waals surface area contributed by atoms with Gasteiger partial charge in [0.2, 0.25) is 0 Å². The van der Waals surface area contributed by atoms with Gasteiger partial charge in [-0.3, -0.25) is 0 Å². The van der Waals surface area contributed by atoms with Gasteiger partial charge in [0.05, 0.1) is 6.10 Å². The molecule has 6 heteroatoms. The Kier molecular flexibility index (Phi) is 3.69. The highest BCUT2D eigenvalue weighted by molar-refractivity contribution is 5.80. The Labute approximate surface area is 130 Å². The summed E-state index contributed by atoms with van der Waals surface area (Å²) in [6, 6.07) is 3.90. The van der Waals surface area contributed by atoms with Gasteiger partial charge >= 0.3 is 0 Å². The minimum Gasteiger partial charge on any atom is -0.378 e. The van der Waals surface area contributed by atoms with Crippen molar-refractivity contribution in [3.05, 3.63) is 58.7 Å². The van der Waals surface area contributed by atoms with Crippen LogP contribution in [0, 0.1) is 23.3 Å². The highest BCUT2D eigenvalue weighted by Gasteiger charge is 2.49. The third-order valence-corrected chi connectivity index (χ3v) is 4.46. The first-order chi connectivity index (χ1) is 10.9. The minimum absolute atomic E-state index is 0.253. The van der Waals surface area contributed by atoms with Crippen molar-refractivity contribution < 1.29 is 27.0 Å². The van der Waals surface area contributed by atoms with Crippen molar-refractivity contribution in [1.82, 2.24) is 0 Å². The van der Waals surface area contributed by atoms with Crippen LogP contribution in [0.25, 0.3) is 11.1 Å². The van der Waals surface area contributed by atoms with Gasteiger partial charge < -0.3 is 9.47 Å². The summed E-state index contributed by atoms with van der Waals surface area (Å²) in [5.41, 5.74) is -0.309. The smallest absolute Gasteiger partial charge is 0.159 e. The maximum atomic E-state index is 13.8. The zero-order valence-electron chi connectivity index (χ0n) is 12.7. The Balaban J connectivity index is 2.44. The number of fused-ring (bicyclic) bond motifs is 3. The maximum absolute atomic E-state index is 13.8. The predicted octanol–water partition coefficient (Wildman–Crippen LogP) is 4.15. The van der Waals surface area contributed by atoms with Crippen molar-refractivity contribution in [3.8, 4) is 11.1 Å². The molecule has 0 aromatic heterocycles. The molecule has 0 radical (unpaired) electrons. The Bertz CT molecular complexity index is 731. The Morgan fingerprint density at radius 3 is 1.52 bits per heavy atom. The van der Waals surface area contributed by atoms with Gasteiger partial charge in [-0.2, -0.15) is 0 Å². The van der Waals surface area contributed by atoms with E-state index in [1.165, 1.54) is 14.2 Å². The van der Waals surface area contributed by atoms with Crippen molar-refractivity contribution in [1.29, 1.82) is 0 Å². The second kappa shape index (κ2) is 5.32. The minimum atomic E-state index is -1.36. The van der Waals surface area contributed by atoms with Crippen LogP contribution in [-0.4, -0.2) is 20.3 Å². The number of rotatable bonds is 3. The molecule has 1 aliphatic carbocycles. The van der Waals surface area contributed by atoms with Crippen molar-refractivity contribution in [3.63, 3.8) is 0 Å². The molecule has 0 amide bonds. The van der Waals surface area contributed by atoms with E-state index in [1.807, 2.05) is 0 Å². The average molecular weight is 326 g/mol. The predicted molar refractivity (Wildman–Crippen MR) is 76.0 cm³/mol. The molecule has 3 rings (SSSR count). The van der Waals surface area contributed by atoms with Crippen molar-refractivity contribution in [2.24, 2.45) is 0 Å². The van der Waals surface area contributed by atoms with E-state index in [1.54, 1.807) is 6.92 Å². The van der Waals surface area contributed by atoms with Gasteiger partial charge in [0.15, 0.2) is 23.3 Å². The van der Waals surface area contributed by atoms with Gasteiger partial charge in [-0.25, -0.2) is 17.6 Å². The summed E-state index contributed by atoms with van der Waals surface area (Å²) in [7, 11) is 2.78. The fourth-order valence-corrected chi connectivity index (χ4v) is 3.29. The van der Waals surface area contributed by atoms with Crippen molar-refractivity contribution in [2.45, 2.75) is 18.6 Å². The van der Waals surface area contributed by atoms with E-state index in [0.717, 1.165) is 24.3 Å². The normalized spacial score (nSPS) is 16.1. The molecule has 23 heavy (non-hydrogen) atoms. The first-order valence-electron chi connectivity index (χ1n) is 6.94. The monoisotopic (exact) mass is 326 g/mol. The Morgan fingerprint density at radius 2 is 1.17 bits per heavy atom. The third-order valence-electron chi connectivity index (χ3n) is 4.46. The molecular formula is C17H14F4O2. The van der Waals surface area contributed by atoms with Gasteiger partial charge in [0.25, 0.3) is 0 Å². The van der Waals surface area contributed by atoms with Gasteiger partial charge in [-0.15, -0.1) is 0 Å². The molecule has 122 valence electrons. The Morgan fingerprint density at radius 1 is 0.783 bits per heavy atom. The van der Waals surface area contributed by atoms with Crippen molar-refractivity contribution >= 4 is 0 Å². The molecule has 0 spiro atoms. The van der Waals surface area contributed by atoms with Crippen LogP contribution in [0.1, 0.15) is 18.1 Å². The van der Waals surface area contributed by atoms with Crippen LogP contribution in [0.15, 0.2) is 24.3 Å². The summed E-state index contributed by atoms with van der Waals surface area (Å²) in [6.45, 7) is 1.66. The van der Waals surface area contributed by atoms with E-state index in [4.69, 9.17) is 9.47 Å². The molecule has 0 N–H and O–H groups in total. The lowest BCUT2D eigenvalue weighted by Crippen LogP contribution is -2.40. The molecular weight excluding hydrogens is 312 g/mol. The quantitative estimate of drug-likeness (QED) is 0.789. The number of hydrogen-bond donors (Lipinski definition) is 0. The first-order valence-corrected chi connectivity index (χ1v) is 6.94. The topological polar surface area (TPSA) is 18.5 Å². The van der Waals surface area contributed by atoms with Gasteiger partial charge in [0, 0.05) is 25.3 Å². The van der Waals surface area contributed by atoms with Crippen LogP contribution in [0.5, 0.6) is 0 Å². The zero-order valence-corrected chi connectivity index (χ0v) is 12.7. The maximum Gasteiger partial charge on any atom is 0.159 e. The summed E-state index contributed by atoms with van der Waals surface area (Å²) >= 11 is 0. The van der Waals surface area contributed by atoms with Crippen molar-refractivity contribution in [2.75, 3.05) is 14.2 Å². The van der Waals surface area contributed by atoms with Gasteiger partial charge in [0.1, 0.15) is 5.60 Å². The molecule has 1 unspecified atom stereocenters. The molecule has 0 aliphatic heterocycles. The average Bonchev–Trinajstić information content (AvgIpc) is 2.77. The molecule has 2 nitrogen and oxygen atoms in total. The van der Waals surface area contributed by atoms with Crippen LogP contribution >= 0.6 is 0 Å². The zero-order chi connectivity index (χ0) is 16.9. The summed E-state index contributed by atoms with van der Waals surface area (Å²) < 4.78 is 65.8. The number of benzene rings is 2. The molecule has 0 saturated carbocycles. The SMILES string of the molecule is COC(C)C1(OC)c2cc(F)c(F)cc2-c2cc(F)c(F)cc21. The summed E-state index contributed by atoms with van der Waals surface area (Å²) in [4.78, 5) is 0. The largest absolute Gasteiger partial charge is 0.378 e. The highest BCUT2D eigenvalue weighted by atomic mass is 19.2. The lowest BCUT2D eigenvalue weighted by atomic mass is 9.86. The van der Waals surface area contributed by atoms with E-state index in [-0.39, 0.29) is 22.3 Å². The fourth-order valence-electron chi connectivity index (χ4n) is 3.29. The van der Waals surface area contributed by atoms with E-state index in [2.05, 4.69) is 0 Å². The second-order valence-corrected chi connectivity index (χ2v) is 5.44. The van der Waals surface area contributed by atoms with Crippen LogP contribution < -0.4 is 0 Å². The first kappa shape index (κ1) is 16.0. The molecule has 2 aromatic carbocycles. The third kappa shape index (κ3) is 2.01. The number of ether oxygens (including phenoxy) is 2. The van der Waals surface area contributed by atoms with E-state index >= 15 is 0 Å². The van der Waals surface area contributed by atoms with E-state index < -0.39 is 35.0 Å². The summed E-state index contributed by atoms with van der Waals surface area (Å²) in [5, 5.41) is 0. The van der Waals surface area contributed by atoms with Gasteiger partial charge in [-0.1, -0.05) is 0 Å². The number of methoxy groups -OCH3 is 2. The number of halogens is 4. The molecule has 1 aliphatic rings. The fraction of sp³-hybridized carbons (Fsp3) is 0.294. The van der Waals surface area contributed by atoms with Crippen LogP contribution in [-0.2, 0) is 15.1 Å². The lowest BCUT2D eigenvalue weighted by molar-refractivity contribution is -0.0857. The van der Waals surface area contributed by atoms with Gasteiger partial charge in [-0.05, 0) is 42.3 Å². The molecule has 0 heterocycles. The van der Waals surface area contributed by atoms with Crippen LogP contribution in [0.3, 0.4) is 0 Å². The molecule has 0 saturated heterocycles. The molecule has 2 aromatic rings. The standard InChI is InChI=1S/C17H14F4O2/c1-8(22-2)17(23-3)11-6-15(20)13(18)4-9(11)10-5-14(19)16(21)7-12(10)17/h4-8H,1-3H3. The summed E-state index contributed by atoms with van der Waals surface area (Å²) in [5.74, 6) is -4.28. The van der Waals surface area contributed by atoms with E-state index in [9.17, 15) is 17.6 Å². The number of hydrogen-bond acceptors (Lipinski definition) is 2. The molecule has 0 fully saturated rings. The molecule has 0 bridgehead atoms. The second-order valence-electron chi connectivity index (χ2n) is 5.44. The lowest BCUT2D eigenvalue weighted by Gasteiger charge is -2.35. The molecule has 1 atom stereocenters. The van der Waals surface area contributed by atoms with E-state index in [0.29, 0.717) is 0 Å². The van der Waals surface area contributed by atoms with Crippen LogP contribution in [0.2, 0.25) is 0 Å². The Hall–Kier alpha value is -1.92. The van der Waals surface area contributed by atoms with Crippen LogP contribution in [0.4, 0.5) is 17.6 Å². The summed E-state index contributed by atoms with van der Waals surface area (Å²) in [6.07, 6.45) is -0.651. The highest BCUT2D eigenvalue weighted by Crippen LogP contribution is 2.52.